The van der Waals surface area contributed by atoms with Crippen LogP contribution in [-0.2, 0) is 10.2 Å². The van der Waals surface area contributed by atoms with Gasteiger partial charge in [-0.15, -0.1) is 11.3 Å². The molecule has 0 fully saturated rings. The first-order valence-electron chi connectivity index (χ1n) is 8.62. The van der Waals surface area contributed by atoms with Crippen LogP contribution in [0.2, 0.25) is 5.02 Å². The third kappa shape index (κ3) is 5.28. The Morgan fingerprint density at radius 2 is 1.74 bits per heavy atom. The molecule has 0 unspecified atom stereocenters. The first kappa shape index (κ1) is 19.3. The average molecular weight is 397 g/mol. The summed E-state index contributed by atoms with van der Waals surface area (Å²) in [4.78, 5) is 16.6. The van der Waals surface area contributed by atoms with Crippen LogP contribution in [0, 0.1) is 0 Å². The number of nitrogens with one attached hydrogen (secondary N) is 1. The lowest BCUT2D eigenvalue weighted by Crippen LogP contribution is -2.10. The van der Waals surface area contributed by atoms with E-state index >= 15 is 0 Å². The lowest BCUT2D eigenvalue weighted by Gasteiger charge is -2.18. The van der Waals surface area contributed by atoms with Crippen molar-refractivity contribution < 1.29 is 4.79 Å². The van der Waals surface area contributed by atoms with Crippen molar-refractivity contribution in [2.24, 2.45) is 0 Å². The van der Waals surface area contributed by atoms with Gasteiger partial charge < -0.3 is 0 Å². The number of benzene rings is 2. The van der Waals surface area contributed by atoms with Crippen molar-refractivity contribution in [1.82, 2.24) is 4.98 Å². The normalized spacial score (nSPS) is 11.7. The molecule has 3 rings (SSSR count). The Morgan fingerprint density at radius 3 is 2.37 bits per heavy atom. The van der Waals surface area contributed by atoms with Gasteiger partial charge >= 0.3 is 0 Å². The van der Waals surface area contributed by atoms with Crippen molar-refractivity contribution in [3.8, 4) is 11.3 Å². The van der Waals surface area contributed by atoms with Crippen molar-refractivity contribution in [3.05, 3.63) is 76.1 Å². The highest BCUT2D eigenvalue weighted by atomic mass is 35.5. The van der Waals surface area contributed by atoms with E-state index in [0.29, 0.717) is 10.2 Å². The zero-order chi connectivity index (χ0) is 19.4. The molecule has 0 saturated heterocycles. The maximum absolute atomic E-state index is 12.1. The Hall–Kier alpha value is -2.43. The molecule has 1 aromatic heterocycles. The molecule has 1 N–H and O–H groups in total. The number of amides is 1. The molecule has 0 bridgehead atoms. The monoisotopic (exact) mass is 396 g/mol. The maximum atomic E-state index is 12.1. The lowest BCUT2D eigenvalue weighted by atomic mass is 9.86. The minimum absolute atomic E-state index is 0.121. The summed E-state index contributed by atoms with van der Waals surface area (Å²) >= 11 is 7.27. The van der Waals surface area contributed by atoms with Gasteiger partial charge in [0.25, 0.3) is 0 Å². The molecule has 2 aromatic carbocycles. The maximum Gasteiger partial charge on any atom is 0.250 e. The predicted molar refractivity (Wildman–Crippen MR) is 115 cm³/mol. The molecule has 0 atom stereocenters. The molecule has 1 amide bonds. The van der Waals surface area contributed by atoms with Crippen LogP contribution in [0.15, 0.2) is 60.0 Å². The van der Waals surface area contributed by atoms with Gasteiger partial charge in [-0.3, -0.25) is 10.1 Å². The fourth-order valence-corrected chi connectivity index (χ4v) is 3.35. The fourth-order valence-electron chi connectivity index (χ4n) is 2.50. The second-order valence-corrected chi connectivity index (χ2v) is 8.53. The number of nitrogens with zero attached hydrogens (tertiary/aromatic N) is 1. The van der Waals surface area contributed by atoms with Crippen molar-refractivity contribution in [1.29, 1.82) is 0 Å². The van der Waals surface area contributed by atoms with E-state index in [4.69, 9.17) is 11.6 Å². The highest BCUT2D eigenvalue weighted by molar-refractivity contribution is 7.14. The highest BCUT2D eigenvalue weighted by Gasteiger charge is 2.13. The average Bonchev–Trinajstić information content (AvgIpc) is 3.09. The number of carbonyl (C=O) groups is 1. The van der Waals surface area contributed by atoms with Gasteiger partial charge in [0.1, 0.15) is 0 Å². The smallest absolute Gasteiger partial charge is 0.250 e. The molecular formula is C22H21ClN2OS. The van der Waals surface area contributed by atoms with E-state index in [1.165, 1.54) is 23.0 Å². The van der Waals surface area contributed by atoms with E-state index in [0.717, 1.165) is 16.8 Å². The topological polar surface area (TPSA) is 42.0 Å². The van der Waals surface area contributed by atoms with E-state index in [-0.39, 0.29) is 11.3 Å². The Balaban J connectivity index is 1.65. The van der Waals surface area contributed by atoms with Gasteiger partial charge in [0.15, 0.2) is 5.13 Å². The fraction of sp³-hybridized carbons (Fsp3) is 0.182. The second kappa shape index (κ2) is 8.07. The summed E-state index contributed by atoms with van der Waals surface area (Å²) in [6.07, 6.45) is 3.23. The summed E-state index contributed by atoms with van der Waals surface area (Å²) in [5, 5.41) is 6.00. The van der Waals surface area contributed by atoms with E-state index < -0.39 is 0 Å². The molecule has 3 aromatic rings. The number of anilines is 1. The van der Waals surface area contributed by atoms with Crippen LogP contribution in [0.25, 0.3) is 17.3 Å². The molecule has 3 nitrogen and oxygen atoms in total. The van der Waals surface area contributed by atoms with Gasteiger partial charge in [-0.1, -0.05) is 68.8 Å². The number of aromatic nitrogens is 1. The summed E-state index contributed by atoms with van der Waals surface area (Å²) in [5.41, 5.74) is 4.21. The summed E-state index contributed by atoms with van der Waals surface area (Å²) in [6, 6.07) is 15.7. The van der Waals surface area contributed by atoms with Crippen molar-refractivity contribution in [2.45, 2.75) is 26.2 Å². The SMILES string of the molecule is CC(C)(C)c1ccc(-c2csc(NC(=O)C=Cc3ccc(Cl)cc3)n2)cc1. The molecule has 0 aliphatic carbocycles. The third-order valence-electron chi connectivity index (χ3n) is 4.08. The Kier molecular flexibility index (Phi) is 5.78. The third-order valence-corrected chi connectivity index (χ3v) is 5.09. The van der Waals surface area contributed by atoms with Gasteiger partial charge in [-0.2, -0.15) is 0 Å². The number of thiazole rings is 1. The van der Waals surface area contributed by atoms with Gasteiger partial charge in [0.05, 0.1) is 5.69 Å². The lowest BCUT2D eigenvalue weighted by molar-refractivity contribution is -0.111. The predicted octanol–water partition coefficient (Wildman–Crippen LogP) is 6.41. The molecule has 27 heavy (non-hydrogen) atoms. The summed E-state index contributed by atoms with van der Waals surface area (Å²) < 4.78 is 0. The van der Waals surface area contributed by atoms with E-state index in [1.54, 1.807) is 18.2 Å². The molecule has 0 spiro atoms. The molecule has 1 heterocycles. The highest BCUT2D eigenvalue weighted by Crippen LogP contribution is 2.28. The van der Waals surface area contributed by atoms with E-state index in [9.17, 15) is 4.79 Å². The quantitative estimate of drug-likeness (QED) is 0.517. The van der Waals surface area contributed by atoms with E-state index in [2.05, 4.69) is 55.3 Å². The molecule has 0 aliphatic heterocycles. The van der Waals surface area contributed by atoms with Crippen LogP contribution >= 0.6 is 22.9 Å². The first-order valence-corrected chi connectivity index (χ1v) is 9.88. The van der Waals surface area contributed by atoms with Gasteiger partial charge in [-0.25, -0.2) is 4.98 Å². The van der Waals surface area contributed by atoms with Gasteiger partial charge in [0, 0.05) is 22.0 Å². The largest absolute Gasteiger partial charge is 0.298 e. The van der Waals surface area contributed by atoms with Crippen LogP contribution in [0.1, 0.15) is 31.9 Å². The summed E-state index contributed by atoms with van der Waals surface area (Å²) in [7, 11) is 0. The zero-order valence-electron chi connectivity index (χ0n) is 15.5. The number of rotatable bonds is 4. The summed E-state index contributed by atoms with van der Waals surface area (Å²) in [5.74, 6) is -0.214. The Morgan fingerprint density at radius 1 is 1.07 bits per heavy atom. The van der Waals surface area contributed by atoms with Gasteiger partial charge in [0.2, 0.25) is 5.91 Å². The van der Waals surface area contributed by atoms with Gasteiger partial charge in [-0.05, 0) is 34.8 Å². The number of carbonyl (C=O) groups excluding carboxylic acids is 1. The van der Waals surface area contributed by atoms with E-state index in [1.807, 2.05) is 17.5 Å². The first-order chi connectivity index (χ1) is 12.8. The van der Waals surface area contributed by atoms with Crippen LogP contribution in [0.3, 0.4) is 0 Å². The van der Waals surface area contributed by atoms with Crippen molar-refractivity contribution in [3.63, 3.8) is 0 Å². The molecule has 138 valence electrons. The zero-order valence-corrected chi connectivity index (χ0v) is 17.1. The Bertz CT molecular complexity index is 951. The standard InChI is InChI=1S/C22H21ClN2OS/c1-22(2,3)17-9-7-16(8-10-17)19-14-27-21(24-19)25-20(26)13-6-15-4-11-18(23)12-5-15/h4-14H,1-3H3,(H,24,25,26). The molecule has 0 aliphatic rings. The summed E-state index contributed by atoms with van der Waals surface area (Å²) in [6.45, 7) is 6.57. The minimum atomic E-state index is -0.214. The van der Waals surface area contributed by atoms with Crippen LogP contribution in [0.5, 0.6) is 0 Å². The Labute approximate surface area is 168 Å². The number of hydrogen-bond acceptors (Lipinski definition) is 3. The van der Waals surface area contributed by atoms with Crippen LogP contribution < -0.4 is 5.32 Å². The molecular weight excluding hydrogens is 376 g/mol. The number of halogens is 1. The van der Waals surface area contributed by atoms with Crippen molar-refractivity contribution in [2.75, 3.05) is 5.32 Å². The van der Waals surface area contributed by atoms with Crippen LogP contribution in [-0.4, -0.2) is 10.9 Å². The number of hydrogen-bond donors (Lipinski definition) is 1. The molecule has 0 radical (unpaired) electrons. The minimum Gasteiger partial charge on any atom is -0.298 e. The van der Waals surface area contributed by atoms with Crippen LogP contribution in [0.4, 0.5) is 5.13 Å². The molecule has 5 heteroatoms. The molecule has 0 saturated carbocycles. The second-order valence-electron chi connectivity index (χ2n) is 7.24. The van der Waals surface area contributed by atoms with Crippen molar-refractivity contribution >= 4 is 40.1 Å².